The number of nitro groups is 1. The number of likely N-dealkylation sites (N-methyl/N-ethyl adjacent to an activating group) is 1. The highest BCUT2D eigenvalue weighted by Crippen LogP contribution is 2.29. The summed E-state index contributed by atoms with van der Waals surface area (Å²) in [6, 6.07) is 6.33. The van der Waals surface area contributed by atoms with Crippen LogP contribution in [0.1, 0.15) is 0 Å². The van der Waals surface area contributed by atoms with Crippen LogP contribution < -0.4 is 4.72 Å². The highest BCUT2D eigenvalue weighted by molar-refractivity contribution is 8.14. The number of non-ortho nitro benzene ring substituents is 1. The summed E-state index contributed by atoms with van der Waals surface area (Å²) in [7, 11) is 2.04. The number of piperazine rings is 1. The maximum Gasteiger partial charge on any atom is 0.302 e. The maximum atomic E-state index is 12.2. The molecule has 1 aromatic carbocycles. The molecule has 1 saturated heterocycles. The van der Waals surface area contributed by atoms with Crippen LogP contribution in [0.3, 0.4) is 0 Å². The molecule has 0 radical (unpaired) electrons. The molecule has 10 heteroatoms. The fourth-order valence-corrected chi connectivity index (χ4v) is 3.79. The summed E-state index contributed by atoms with van der Waals surface area (Å²) in [5.74, 6) is 0. The molecule has 1 aliphatic heterocycles. The van der Waals surface area contributed by atoms with E-state index in [9.17, 15) is 14.9 Å². The van der Waals surface area contributed by atoms with Crippen LogP contribution in [0.5, 0.6) is 0 Å². The van der Waals surface area contributed by atoms with E-state index in [1.165, 1.54) is 23.5 Å². The van der Waals surface area contributed by atoms with Crippen LogP contribution in [0.2, 0.25) is 0 Å². The van der Waals surface area contributed by atoms with Gasteiger partial charge in [0.05, 0.1) is 10.6 Å². The van der Waals surface area contributed by atoms with Crippen molar-refractivity contribution in [2.45, 2.75) is 0 Å². The first-order chi connectivity index (χ1) is 12.0. The number of carbonyl (C=O) groups excluding carboxylic acids is 1. The van der Waals surface area contributed by atoms with Gasteiger partial charge in [-0.05, 0) is 7.05 Å². The van der Waals surface area contributed by atoms with Gasteiger partial charge in [-0.2, -0.15) is 0 Å². The maximum absolute atomic E-state index is 12.2. The molecule has 8 nitrogen and oxygen atoms in total. The molecular formula is C15H17N5O3S2. The van der Waals surface area contributed by atoms with Gasteiger partial charge < -0.3 is 9.80 Å². The number of carbonyl (C=O) groups is 1. The Morgan fingerprint density at radius 2 is 2.12 bits per heavy atom. The van der Waals surface area contributed by atoms with Crippen LogP contribution >= 0.6 is 23.3 Å². The number of benzene rings is 1. The van der Waals surface area contributed by atoms with E-state index in [-0.39, 0.29) is 10.9 Å². The van der Waals surface area contributed by atoms with Gasteiger partial charge in [0.15, 0.2) is 5.13 Å². The van der Waals surface area contributed by atoms with Gasteiger partial charge >= 0.3 is 5.24 Å². The third-order valence-electron chi connectivity index (χ3n) is 3.84. The lowest BCUT2D eigenvalue weighted by molar-refractivity contribution is -0.384. The summed E-state index contributed by atoms with van der Waals surface area (Å²) < 4.78 is 2.97. The van der Waals surface area contributed by atoms with Gasteiger partial charge in [0.1, 0.15) is 0 Å². The number of thiazole rings is 1. The van der Waals surface area contributed by atoms with Gasteiger partial charge in [0.2, 0.25) is 0 Å². The number of aromatic nitrogens is 1. The predicted molar refractivity (Wildman–Crippen MR) is 99.9 cm³/mol. The number of hydrogen-bond donors (Lipinski definition) is 1. The fourth-order valence-electron chi connectivity index (χ4n) is 2.37. The van der Waals surface area contributed by atoms with Crippen molar-refractivity contribution >= 4 is 39.3 Å². The van der Waals surface area contributed by atoms with E-state index >= 15 is 0 Å². The Hall–Kier alpha value is -2.17. The lowest BCUT2D eigenvalue weighted by Crippen LogP contribution is -2.46. The molecule has 0 aliphatic carbocycles. The molecule has 1 aliphatic rings. The van der Waals surface area contributed by atoms with Crippen LogP contribution in [-0.2, 0) is 0 Å². The van der Waals surface area contributed by atoms with Gasteiger partial charge in [-0.1, -0.05) is 12.1 Å². The fraction of sp³-hybridized carbons (Fsp3) is 0.333. The molecule has 3 rings (SSSR count). The second-order valence-corrected chi connectivity index (χ2v) is 7.22. The van der Waals surface area contributed by atoms with Gasteiger partial charge in [-0.3, -0.25) is 19.6 Å². The smallest absolute Gasteiger partial charge is 0.302 e. The number of rotatable bonds is 4. The first kappa shape index (κ1) is 17.6. The third kappa shape index (κ3) is 4.47. The second kappa shape index (κ2) is 7.81. The van der Waals surface area contributed by atoms with Gasteiger partial charge in [-0.15, -0.1) is 11.3 Å². The van der Waals surface area contributed by atoms with Crippen molar-refractivity contribution in [2.24, 2.45) is 0 Å². The average molecular weight is 379 g/mol. The number of nitrogens with one attached hydrogen (secondary N) is 1. The molecule has 0 spiro atoms. The molecule has 2 heterocycles. The normalized spacial score (nSPS) is 15.2. The minimum atomic E-state index is -0.431. The van der Waals surface area contributed by atoms with E-state index in [1.54, 1.807) is 12.1 Å². The standard InChI is InChI=1S/C15H17N5O3S2/c1-18-5-7-19(8-6-18)15(21)25-17-14-16-13(10-24-14)11-3-2-4-12(9-11)20(22)23/h2-4,9-10H,5-8H2,1H3,(H,16,17). The SMILES string of the molecule is CN1CCN(C(=O)SNc2nc(-c3cccc([N+](=O)[O-])c3)cs2)CC1. The summed E-state index contributed by atoms with van der Waals surface area (Å²) in [5, 5.41) is 13.2. The van der Waals surface area contributed by atoms with E-state index in [2.05, 4.69) is 14.6 Å². The van der Waals surface area contributed by atoms with E-state index in [4.69, 9.17) is 0 Å². The Bertz CT molecular complexity index is 774. The summed E-state index contributed by atoms with van der Waals surface area (Å²) in [4.78, 5) is 31.0. The Labute approximate surface area is 153 Å². The third-order valence-corrected chi connectivity index (χ3v) is 5.46. The van der Waals surface area contributed by atoms with E-state index in [0.717, 1.165) is 38.1 Å². The van der Waals surface area contributed by atoms with Crippen molar-refractivity contribution in [1.82, 2.24) is 14.8 Å². The molecule has 1 aromatic heterocycles. The van der Waals surface area contributed by atoms with Crippen LogP contribution in [0.25, 0.3) is 11.3 Å². The summed E-state index contributed by atoms with van der Waals surface area (Å²) >= 11 is 2.37. The molecule has 1 amide bonds. The largest absolute Gasteiger partial charge is 0.330 e. The predicted octanol–water partition coefficient (Wildman–Crippen LogP) is 3.15. The highest BCUT2D eigenvalue weighted by Gasteiger charge is 2.20. The Morgan fingerprint density at radius 3 is 2.84 bits per heavy atom. The van der Waals surface area contributed by atoms with Crippen LogP contribution in [0.15, 0.2) is 29.6 Å². The quantitative estimate of drug-likeness (QED) is 0.496. The van der Waals surface area contributed by atoms with Gasteiger partial charge in [0.25, 0.3) is 5.69 Å². The molecule has 0 saturated carbocycles. The summed E-state index contributed by atoms with van der Waals surface area (Å²) in [6.45, 7) is 3.20. The molecule has 25 heavy (non-hydrogen) atoms. The van der Waals surface area contributed by atoms with E-state index in [1.807, 2.05) is 17.3 Å². The van der Waals surface area contributed by atoms with Crippen molar-refractivity contribution in [1.29, 1.82) is 0 Å². The summed E-state index contributed by atoms with van der Waals surface area (Å²) in [5.41, 5.74) is 1.34. The number of amides is 1. The monoisotopic (exact) mass is 379 g/mol. The van der Waals surface area contributed by atoms with Crippen molar-refractivity contribution in [3.05, 3.63) is 39.8 Å². The minimum absolute atomic E-state index is 0.0274. The number of anilines is 1. The molecule has 132 valence electrons. The Balaban J connectivity index is 1.59. The van der Waals surface area contributed by atoms with Crippen molar-refractivity contribution < 1.29 is 9.72 Å². The minimum Gasteiger partial charge on any atom is -0.330 e. The molecule has 0 atom stereocenters. The second-order valence-electron chi connectivity index (χ2n) is 5.61. The summed E-state index contributed by atoms with van der Waals surface area (Å²) in [6.07, 6.45) is 0. The Kier molecular flexibility index (Phi) is 5.51. The van der Waals surface area contributed by atoms with E-state index in [0.29, 0.717) is 16.4 Å². The van der Waals surface area contributed by atoms with Crippen molar-refractivity contribution in [2.75, 3.05) is 37.9 Å². The molecule has 0 unspecified atom stereocenters. The number of nitro benzene ring substituents is 1. The van der Waals surface area contributed by atoms with Crippen molar-refractivity contribution in [3.63, 3.8) is 0 Å². The molecule has 1 fully saturated rings. The zero-order chi connectivity index (χ0) is 17.8. The first-order valence-electron chi connectivity index (χ1n) is 7.63. The highest BCUT2D eigenvalue weighted by atomic mass is 32.2. The molecular weight excluding hydrogens is 362 g/mol. The van der Waals surface area contributed by atoms with Crippen molar-refractivity contribution in [3.8, 4) is 11.3 Å². The van der Waals surface area contributed by atoms with Crippen LogP contribution in [-0.4, -0.2) is 58.2 Å². The molecule has 0 bridgehead atoms. The van der Waals surface area contributed by atoms with E-state index < -0.39 is 4.92 Å². The zero-order valence-electron chi connectivity index (χ0n) is 13.5. The number of hydrogen-bond acceptors (Lipinski definition) is 8. The molecule has 1 N–H and O–H groups in total. The zero-order valence-corrected chi connectivity index (χ0v) is 15.2. The number of nitrogens with zero attached hydrogens (tertiary/aromatic N) is 4. The van der Waals surface area contributed by atoms with Gasteiger partial charge in [0, 0.05) is 61.2 Å². The lowest BCUT2D eigenvalue weighted by atomic mass is 10.1. The van der Waals surface area contributed by atoms with Crippen LogP contribution in [0, 0.1) is 10.1 Å². The first-order valence-corrected chi connectivity index (χ1v) is 9.33. The lowest BCUT2D eigenvalue weighted by Gasteiger charge is -2.31. The average Bonchev–Trinajstić information content (AvgIpc) is 3.09. The Morgan fingerprint density at radius 1 is 1.36 bits per heavy atom. The topological polar surface area (TPSA) is 91.6 Å². The molecule has 2 aromatic rings. The van der Waals surface area contributed by atoms with Gasteiger partial charge in [-0.25, -0.2) is 4.98 Å². The van der Waals surface area contributed by atoms with Crippen LogP contribution in [0.4, 0.5) is 15.6 Å².